The summed E-state index contributed by atoms with van der Waals surface area (Å²) in [6.07, 6.45) is 3.12. The Balaban J connectivity index is 0.000000810. The number of alkyl halides is 1. The molecule has 0 aliphatic heterocycles. The van der Waals surface area contributed by atoms with E-state index in [9.17, 15) is 0 Å². The zero-order valence-electron chi connectivity index (χ0n) is 5.12. The average molecular weight is 269 g/mol. The number of halogens is 2. The van der Waals surface area contributed by atoms with Gasteiger partial charge in [0.15, 0.2) is 0 Å². The standard InChI is InChI=1S/C5H6BrN3.BrH/c6-1-4-2-8-3-9-5(4)7;/h2-3H,1H2,(H2,7,8,9);1H. The summed E-state index contributed by atoms with van der Waals surface area (Å²) in [6.45, 7) is 0. The van der Waals surface area contributed by atoms with E-state index in [1.807, 2.05) is 0 Å². The molecular weight excluding hydrogens is 262 g/mol. The summed E-state index contributed by atoms with van der Waals surface area (Å²) in [6, 6.07) is 0. The van der Waals surface area contributed by atoms with Crippen LogP contribution in [0.25, 0.3) is 0 Å². The van der Waals surface area contributed by atoms with Crippen LogP contribution in [0.1, 0.15) is 5.56 Å². The zero-order valence-corrected chi connectivity index (χ0v) is 8.42. The smallest absolute Gasteiger partial charge is 0.130 e. The van der Waals surface area contributed by atoms with E-state index in [-0.39, 0.29) is 17.0 Å². The van der Waals surface area contributed by atoms with Gasteiger partial charge in [0, 0.05) is 17.1 Å². The molecule has 1 aromatic rings. The maximum Gasteiger partial charge on any atom is 0.130 e. The fourth-order valence-corrected chi connectivity index (χ4v) is 0.903. The number of rotatable bonds is 1. The molecule has 56 valence electrons. The first-order valence-corrected chi connectivity index (χ1v) is 3.57. The van der Waals surface area contributed by atoms with Crippen molar-refractivity contribution in [1.29, 1.82) is 0 Å². The molecule has 1 rings (SSSR count). The molecule has 0 saturated heterocycles. The molecule has 0 spiro atoms. The Hall–Kier alpha value is -0.160. The van der Waals surface area contributed by atoms with Crippen molar-refractivity contribution in [3.63, 3.8) is 0 Å². The summed E-state index contributed by atoms with van der Waals surface area (Å²) in [5, 5.41) is 0.708. The molecule has 0 bridgehead atoms. The molecule has 0 aliphatic rings. The van der Waals surface area contributed by atoms with Crippen molar-refractivity contribution in [2.24, 2.45) is 0 Å². The monoisotopic (exact) mass is 267 g/mol. The second-order valence-corrected chi connectivity index (χ2v) is 2.13. The van der Waals surface area contributed by atoms with Gasteiger partial charge in [-0.3, -0.25) is 0 Å². The van der Waals surface area contributed by atoms with Crippen LogP contribution in [0.15, 0.2) is 12.5 Å². The number of hydrogen-bond acceptors (Lipinski definition) is 3. The van der Waals surface area contributed by atoms with Crippen molar-refractivity contribution in [2.45, 2.75) is 5.33 Å². The maximum atomic E-state index is 5.45. The molecule has 2 N–H and O–H groups in total. The van der Waals surface area contributed by atoms with E-state index in [1.54, 1.807) is 6.20 Å². The summed E-state index contributed by atoms with van der Waals surface area (Å²) in [5.74, 6) is 0.543. The van der Waals surface area contributed by atoms with Gasteiger partial charge in [-0.1, -0.05) is 15.9 Å². The predicted octanol–water partition coefficient (Wildman–Crippen LogP) is 1.53. The molecule has 1 aromatic heterocycles. The van der Waals surface area contributed by atoms with Crippen molar-refractivity contribution in [1.82, 2.24) is 9.97 Å². The Morgan fingerprint density at radius 2 is 2.30 bits per heavy atom. The molecule has 1 heterocycles. The third-order valence-electron chi connectivity index (χ3n) is 0.967. The third-order valence-corrected chi connectivity index (χ3v) is 1.57. The number of nitrogen functional groups attached to an aromatic ring is 1. The van der Waals surface area contributed by atoms with Crippen molar-refractivity contribution < 1.29 is 0 Å². The Morgan fingerprint density at radius 1 is 1.60 bits per heavy atom. The summed E-state index contributed by atoms with van der Waals surface area (Å²) in [7, 11) is 0. The Bertz CT molecular complexity index is 204. The number of nitrogens with zero attached hydrogens (tertiary/aromatic N) is 2. The lowest BCUT2D eigenvalue weighted by Crippen LogP contribution is -1.95. The number of anilines is 1. The van der Waals surface area contributed by atoms with Crippen molar-refractivity contribution in [3.8, 4) is 0 Å². The molecule has 5 heteroatoms. The van der Waals surface area contributed by atoms with Crippen LogP contribution >= 0.6 is 32.9 Å². The first-order valence-electron chi connectivity index (χ1n) is 2.45. The van der Waals surface area contributed by atoms with Gasteiger partial charge in [-0.05, 0) is 0 Å². The van der Waals surface area contributed by atoms with Gasteiger partial charge in [0.25, 0.3) is 0 Å². The van der Waals surface area contributed by atoms with Crippen LogP contribution in [0.4, 0.5) is 5.82 Å². The quantitative estimate of drug-likeness (QED) is 0.786. The normalized spacial score (nSPS) is 8.50. The molecule has 10 heavy (non-hydrogen) atoms. The minimum absolute atomic E-state index is 0. The first-order chi connectivity index (χ1) is 4.34. The van der Waals surface area contributed by atoms with Crippen LogP contribution in [0.2, 0.25) is 0 Å². The van der Waals surface area contributed by atoms with E-state index in [2.05, 4.69) is 25.9 Å². The fraction of sp³-hybridized carbons (Fsp3) is 0.200. The molecule has 0 aliphatic carbocycles. The maximum absolute atomic E-state index is 5.45. The van der Waals surface area contributed by atoms with Gasteiger partial charge in [-0.2, -0.15) is 0 Å². The second kappa shape index (κ2) is 4.62. The van der Waals surface area contributed by atoms with Crippen molar-refractivity contribution >= 4 is 38.7 Å². The van der Waals surface area contributed by atoms with Crippen LogP contribution in [-0.4, -0.2) is 9.97 Å². The van der Waals surface area contributed by atoms with Crippen molar-refractivity contribution in [2.75, 3.05) is 5.73 Å². The average Bonchev–Trinajstić information content (AvgIpc) is 1.89. The molecule has 3 nitrogen and oxygen atoms in total. The third kappa shape index (κ3) is 2.22. The van der Waals surface area contributed by atoms with Gasteiger partial charge in [0.1, 0.15) is 12.1 Å². The number of aromatic nitrogens is 2. The second-order valence-electron chi connectivity index (χ2n) is 1.57. The number of hydrogen-bond donors (Lipinski definition) is 1. The molecule has 0 saturated carbocycles. The van der Waals surface area contributed by atoms with Crippen LogP contribution < -0.4 is 5.73 Å². The zero-order chi connectivity index (χ0) is 6.69. The summed E-state index contributed by atoms with van der Waals surface area (Å²) in [4.78, 5) is 7.58. The van der Waals surface area contributed by atoms with Gasteiger partial charge >= 0.3 is 0 Å². The summed E-state index contributed by atoms with van der Waals surface area (Å²) < 4.78 is 0. The highest BCUT2D eigenvalue weighted by atomic mass is 79.9. The van der Waals surface area contributed by atoms with E-state index >= 15 is 0 Å². The van der Waals surface area contributed by atoms with Crippen LogP contribution in [0, 0.1) is 0 Å². The highest BCUT2D eigenvalue weighted by Crippen LogP contribution is 2.08. The van der Waals surface area contributed by atoms with Crippen LogP contribution in [0.3, 0.4) is 0 Å². The summed E-state index contributed by atoms with van der Waals surface area (Å²) >= 11 is 3.25. The van der Waals surface area contributed by atoms with Gasteiger partial charge < -0.3 is 5.73 Å². The highest BCUT2D eigenvalue weighted by molar-refractivity contribution is 9.08. The number of nitrogens with two attached hydrogens (primary N) is 1. The van der Waals surface area contributed by atoms with Crippen molar-refractivity contribution in [3.05, 3.63) is 18.1 Å². The SMILES string of the molecule is Br.Nc1ncncc1CBr. The van der Waals surface area contributed by atoms with Crippen LogP contribution in [-0.2, 0) is 5.33 Å². The molecule has 0 fully saturated rings. The molecule has 0 atom stereocenters. The predicted molar refractivity (Wildman–Crippen MR) is 49.4 cm³/mol. The molecule has 0 aromatic carbocycles. The van der Waals surface area contributed by atoms with E-state index in [4.69, 9.17) is 5.73 Å². The Morgan fingerprint density at radius 3 is 2.70 bits per heavy atom. The van der Waals surface area contributed by atoms with Gasteiger partial charge in [-0.15, -0.1) is 17.0 Å². The summed E-state index contributed by atoms with van der Waals surface area (Å²) in [5.41, 5.74) is 6.38. The van der Waals surface area contributed by atoms with Gasteiger partial charge in [0.05, 0.1) is 0 Å². The topological polar surface area (TPSA) is 51.8 Å². The Kier molecular flexibility index (Phi) is 4.55. The lowest BCUT2D eigenvalue weighted by atomic mass is 10.4. The molecule has 0 amide bonds. The van der Waals surface area contributed by atoms with E-state index < -0.39 is 0 Å². The minimum Gasteiger partial charge on any atom is -0.383 e. The highest BCUT2D eigenvalue weighted by Gasteiger charge is 1.94. The van der Waals surface area contributed by atoms with E-state index in [0.717, 1.165) is 5.56 Å². The Labute approximate surface area is 78.0 Å². The van der Waals surface area contributed by atoms with Gasteiger partial charge in [-0.25, -0.2) is 9.97 Å². The molecular formula is C5H7Br2N3. The van der Waals surface area contributed by atoms with E-state index in [1.165, 1.54) is 6.33 Å². The fourth-order valence-electron chi connectivity index (χ4n) is 0.471. The lowest BCUT2D eigenvalue weighted by Gasteiger charge is -1.95. The van der Waals surface area contributed by atoms with Gasteiger partial charge in [0.2, 0.25) is 0 Å². The first kappa shape index (κ1) is 9.84. The van der Waals surface area contributed by atoms with Crippen LogP contribution in [0.5, 0.6) is 0 Å². The van der Waals surface area contributed by atoms with E-state index in [0.29, 0.717) is 11.1 Å². The minimum atomic E-state index is 0. The molecule has 0 radical (unpaired) electrons. The lowest BCUT2D eigenvalue weighted by molar-refractivity contribution is 1.13. The largest absolute Gasteiger partial charge is 0.383 e. The molecule has 0 unspecified atom stereocenters.